The average molecular weight is 369 g/mol. The summed E-state index contributed by atoms with van der Waals surface area (Å²) in [6, 6.07) is 7.37. The van der Waals surface area contributed by atoms with E-state index in [9.17, 15) is 9.59 Å². The minimum Gasteiger partial charge on any atom is -0.444 e. The van der Waals surface area contributed by atoms with Gasteiger partial charge in [0.1, 0.15) is 5.60 Å². The second kappa shape index (κ2) is 7.32. The number of anilines is 1. The smallest absolute Gasteiger partial charge is 0.412 e. The molecule has 0 atom stereocenters. The molecule has 1 aromatic carbocycles. The Morgan fingerprint density at radius 3 is 2.56 bits per heavy atom. The summed E-state index contributed by atoms with van der Waals surface area (Å²) in [5.74, 6) is 4.70. The van der Waals surface area contributed by atoms with E-state index < -0.39 is 17.6 Å². The highest BCUT2D eigenvalue weighted by Gasteiger charge is 2.20. The van der Waals surface area contributed by atoms with Gasteiger partial charge < -0.3 is 4.74 Å². The lowest BCUT2D eigenvalue weighted by Gasteiger charge is -2.20. The van der Waals surface area contributed by atoms with Gasteiger partial charge in [-0.05, 0) is 69.4 Å². The number of fused-ring (bicyclic) bond motifs is 3. The second-order valence-corrected chi connectivity index (χ2v) is 7.43. The third-order valence-electron chi connectivity index (χ3n) is 4.13. The molecule has 1 heterocycles. The highest BCUT2D eigenvalue weighted by molar-refractivity contribution is 5.92. The third-order valence-corrected chi connectivity index (χ3v) is 4.13. The summed E-state index contributed by atoms with van der Waals surface area (Å²) >= 11 is 0. The molecular formula is C19H23N5O3. The van der Waals surface area contributed by atoms with Crippen LogP contribution in [0.4, 0.5) is 10.5 Å². The molecule has 0 radical (unpaired) electrons. The van der Waals surface area contributed by atoms with Crippen molar-refractivity contribution in [2.75, 3.05) is 5.32 Å². The van der Waals surface area contributed by atoms with Crippen molar-refractivity contribution in [1.82, 2.24) is 15.6 Å². The lowest BCUT2D eigenvalue weighted by Crippen LogP contribution is -2.31. The number of hydrazine groups is 1. The Kier molecular flexibility index (Phi) is 5.09. The largest absolute Gasteiger partial charge is 0.444 e. The number of aryl methyl sites for hydroxylation is 2. The van der Waals surface area contributed by atoms with E-state index in [-0.39, 0.29) is 5.69 Å². The standard InChI is InChI=1S/C19H23N5O3/c1-19(2,3)27-18(26)21-13-7-8-14-11(9-13)5-4-6-12-10-15(17(25)22-20)23-24-16(12)14/h7-10H,4-6,20H2,1-3H3,(H,21,26)(H,22,25). The monoisotopic (exact) mass is 369 g/mol. The van der Waals surface area contributed by atoms with Crippen molar-refractivity contribution in [3.63, 3.8) is 0 Å². The maximum Gasteiger partial charge on any atom is 0.412 e. The number of carbonyl (C=O) groups excluding carboxylic acids is 2. The quantitative estimate of drug-likeness (QED) is 0.425. The van der Waals surface area contributed by atoms with Gasteiger partial charge in [-0.2, -0.15) is 0 Å². The number of benzene rings is 1. The molecule has 2 amide bonds. The first-order chi connectivity index (χ1) is 12.8. The summed E-state index contributed by atoms with van der Waals surface area (Å²) in [6.07, 6.45) is 2.01. The summed E-state index contributed by atoms with van der Waals surface area (Å²) in [5, 5.41) is 11.0. The van der Waals surface area contributed by atoms with Crippen LogP contribution in [0.5, 0.6) is 0 Å². The Labute approximate surface area is 157 Å². The van der Waals surface area contributed by atoms with E-state index in [1.807, 2.05) is 32.9 Å². The van der Waals surface area contributed by atoms with Gasteiger partial charge in [0.25, 0.3) is 5.91 Å². The van der Waals surface area contributed by atoms with Gasteiger partial charge in [-0.25, -0.2) is 10.6 Å². The van der Waals surface area contributed by atoms with Gasteiger partial charge in [-0.15, -0.1) is 10.2 Å². The molecule has 0 fully saturated rings. The third kappa shape index (κ3) is 4.40. The van der Waals surface area contributed by atoms with Crippen LogP contribution in [0.25, 0.3) is 11.3 Å². The summed E-state index contributed by atoms with van der Waals surface area (Å²) in [5.41, 5.74) is 6.09. The zero-order valence-electron chi connectivity index (χ0n) is 15.6. The number of nitrogens with one attached hydrogen (secondary N) is 2. The number of nitrogen functional groups attached to an aromatic ring is 1. The molecule has 0 spiro atoms. The first-order valence-electron chi connectivity index (χ1n) is 8.77. The van der Waals surface area contributed by atoms with Crippen LogP contribution in [-0.2, 0) is 17.6 Å². The average Bonchev–Trinajstić information content (AvgIpc) is 2.77. The van der Waals surface area contributed by atoms with Crippen LogP contribution in [0.2, 0.25) is 0 Å². The highest BCUT2D eigenvalue weighted by atomic mass is 16.6. The maximum absolute atomic E-state index is 12.0. The lowest BCUT2D eigenvalue weighted by molar-refractivity contribution is 0.0635. The molecule has 1 aliphatic rings. The van der Waals surface area contributed by atoms with Crippen molar-refractivity contribution in [2.24, 2.45) is 5.84 Å². The van der Waals surface area contributed by atoms with Gasteiger partial charge in [-0.1, -0.05) is 6.07 Å². The Balaban J connectivity index is 1.89. The number of amides is 2. The molecule has 142 valence electrons. The molecular weight excluding hydrogens is 346 g/mol. The molecule has 0 saturated carbocycles. The predicted octanol–water partition coefficient (Wildman–Crippen LogP) is 2.58. The van der Waals surface area contributed by atoms with Crippen molar-refractivity contribution >= 4 is 17.7 Å². The molecule has 0 unspecified atom stereocenters. The van der Waals surface area contributed by atoms with E-state index >= 15 is 0 Å². The normalized spacial score (nSPS) is 13.0. The summed E-state index contributed by atoms with van der Waals surface area (Å²) in [4.78, 5) is 23.7. The van der Waals surface area contributed by atoms with Crippen LogP contribution in [0.15, 0.2) is 24.3 Å². The van der Waals surface area contributed by atoms with Gasteiger partial charge >= 0.3 is 6.09 Å². The molecule has 0 aliphatic heterocycles. The van der Waals surface area contributed by atoms with Crippen molar-refractivity contribution < 1.29 is 14.3 Å². The van der Waals surface area contributed by atoms with Crippen LogP contribution in [0.1, 0.15) is 48.8 Å². The van der Waals surface area contributed by atoms with Crippen LogP contribution in [0, 0.1) is 0 Å². The van der Waals surface area contributed by atoms with Crippen molar-refractivity contribution in [2.45, 2.75) is 45.6 Å². The number of rotatable bonds is 2. The summed E-state index contributed by atoms with van der Waals surface area (Å²) in [7, 11) is 0. The number of ether oxygens (including phenoxy) is 1. The van der Waals surface area contributed by atoms with Crippen LogP contribution >= 0.6 is 0 Å². The molecule has 1 aromatic heterocycles. The zero-order valence-corrected chi connectivity index (χ0v) is 15.6. The maximum atomic E-state index is 12.0. The molecule has 8 heteroatoms. The fourth-order valence-electron chi connectivity index (χ4n) is 3.03. The Bertz CT molecular complexity index is 889. The van der Waals surface area contributed by atoms with Crippen LogP contribution in [-0.4, -0.2) is 27.8 Å². The Morgan fingerprint density at radius 2 is 1.85 bits per heavy atom. The Hall–Kier alpha value is -3.00. The SMILES string of the molecule is CC(C)(C)OC(=O)Nc1ccc2c(c1)CCCc1cc(C(=O)NN)nnc1-2. The van der Waals surface area contributed by atoms with Gasteiger partial charge in [0.15, 0.2) is 5.69 Å². The molecule has 3 rings (SSSR count). The molecule has 27 heavy (non-hydrogen) atoms. The number of aromatic nitrogens is 2. The molecule has 2 aromatic rings. The number of carbonyl (C=O) groups is 2. The number of hydrogen-bond donors (Lipinski definition) is 3. The summed E-state index contributed by atoms with van der Waals surface area (Å²) < 4.78 is 5.29. The van der Waals surface area contributed by atoms with Gasteiger partial charge in [0.2, 0.25) is 0 Å². The van der Waals surface area contributed by atoms with Crippen LogP contribution in [0.3, 0.4) is 0 Å². The topological polar surface area (TPSA) is 119 Å². The fraction of sp³-hybridized carbons (Fsp3) is 0.368. The Morgan fingerprint density at radius 1 is 1.11 bits per heavy atom. The fourth-order valence-corrected chi connectivity index (χ4v) is 3.03. The minimum absolute atomic E-state index is 0.197. The predicted molar refractivity (Wildman–Crippen MR) is 101 cm³/mol. The number of nitrogens with two attached hydrogens (primary N) is 1. The molecule has 0 saturated heterocycles. The van der Waals surface area contributed by atoms with Crippen LogP contribution < -0.4 is 16.6 Å². The first-order valence-corrected chi connectivity index (χ1v) is 8.77. The highest BCUT2D eigenvalue weighted by Crippen LogP contribution is 2.32. The number of nitrogens with zero attached hydrogens (tertiary/aromatic N) is 2. The molecule has 0 bridgehead atoms. The van der Waals surface area contributed by atoms with Gasteiger partial charge in [0.05, 0.1) is 5.69 Å². The molecule has 1 aliphatic carbocycles. The molecule has 8 nitrogen and oxygen atoms in total. The van der Waals surface area contributed by atoms with Crippen molar-refractivity contribution in [3.05, 3.63) is 41.1 Å². The van der Waals surface area contributed by atoms with E-state index in [1.54, 1.807) is 12.1 Å². The first kappa shape index (κ1) is 18.8. The van der Waals surface area contributed by atoms with Crippen molar-refractivity contribution in [3.8, 4) is 11.3 Å². The molecule has 4 N–H and O–H groups in total. The van der Waals surface area contributed by atoms with E-state index in [4.69, 9.17) is 10.6 Å². The summed E-state index contributed by atoms with van der Waals surface area (Å²) in [6.45, 7) is 5.45. The van der Waals surface area contributed by atoms with E-state index in [0.717, 1.165) is 41.6 Å². The van der Waals surface area contributed by atoms with E-state index in [1.165, 1.54) is 0 Å². The lowest BCUT2D eigenvalue weighted by atomic mass is 10.0. The zero-order chi connectivity index (χ0) is 19.6. The second-order valence-electron chi connectivity index (χ2n) is 7.43. The number of hydrogen-bond acceptors (Lipinski definition) is 6. The van der Waals surface area contributed by atoms with Gasteiger partial charge in [0, 0.05) is 11.3 Å². The minimum atomic E-state index is -0.558. The van der Waals surface area contributed by atoms with E-state index in [2.05, 4.69) is 20.9 Å². The van der Waals surface area contributed by atoms with E-state index in [0.29, 0.717) is 5.69 Å². The van der Waals surface area contributed by atoms with Crippen molar-refractivity contribution in [1.29, 1.82) is 0 Å². The van der Waals surface area contributed by atoms with Gasteiger partial charge in [-0.3, -0.25) is 15.5 Å².